The molecule has 3 N–H and O–H groups in total. The molecular formula is C12H25N3OS. The molecule has 0 aromatic heterocycles. The van der Waals surface area contributed by atoms with Gasteiger partial charge in [0.2, 0.25) is 0 Å². The van der Waals surface area contributed by atoms with Gasteiger partial charge in [-0.05, 0) is 26.7 Å². The zero-order valence-corrected chi connectivity index (χ0v) is 12.4. The zero-order valence-electron chi connectivity index (χ0n) is 11.5. The summed E-state index contributed by atoms with van der Waals surface area (Å²) in [5.41, 5.74) is 5.25. The van der Waals surface area contributed by atoms with E-state index in [1.165, 1.54) is 0 Å². The molecule has 0 saturated heterocycles. The van der Waals surface area contributed by atoms with Gasteiger partial charge in [0.05, 0.1) is 4.99 Å². The average molecular weight is 259 g/mol. The van der Waals surface area contributed by atoms with E-state index in [2.05, 4.69) is 19.2 Å². The van der Waals surface area contributed by atoms with Crippen LogP contribution in [0.3, 0.4) is 0 Å². The highest BCUT2D eigenvalue weighted by Crippen LogP contribution is 2.05. The Morgan fingerprint density at radius 3 is 2.29 bits per heavy atom. The summed E-state index contributed by atoms with van der Waals surface area (Å²) in [5, 5.41) is 2.95. The van der Waals surface area contributed by atoms with Gasteiger partial charge in [0.1, 0.15) is 0 Å². The van der Waals surface area contributed by atoms with E-state index in [1.807, 2.05) is 20.8 Å². The number of hydrogen-bond acceptors (Lipinski definition) is 2. The average Bonchev–Trinajstić information content (AvgIpc) is 2.08. The van der Waals surface area contributed by atoms with Crippen molar-refractivity contribution in [3.05, 3.63) is 0 Å². The van der Waals surface area contributed by atoms with Crippen LogP contribution in [0.2, 0.25) is 0 Å². The van der Waals surface area contributed by atoms with Crippen molar-refractivity contribution in [2.45, 2.75) is 46.6 Å². The molecule has 0 unspecified atom stereocenters. The smallest absolute Gasteiger partial charge is 0.317 e. The Labute approximate surface area is 110 Å². The van der Waals surface area contributed by atoms with Gasteiger partial charge in [-0.25, -0.2) is 4.79 Å². The fourth-order valence-electron chi connectivity index (χ4n) is 1.36. The van der Waals surface area contributed by atoms with E-state index in [0.29, 0.717) is 30.4 Å². The Morgan fingerprint density at radius 2 is 1.94 bits per heavy atom. The van der Waals surface area contributed by atoms with Crippen LogP contribution in [0.1, 0.15) is 41.0 Å². The number of amides is 2. The number of urea groups is 1. The maximum Gasteiger partial charge on any atom is 0.317 e. The number of nitrogens with zero attached hydrogens (tertiary/aromatic N) is 1. The van der Waals surface area contributed by atoms with Crippen molar-refractivity contribution in [3.8, 4) is 0 Å². The summed E-state index contributed by atoms with van der Waals surface area (Å²) in [5.74, 6) is 0.423. The molecule has 4 nitrogen and oxygen atoms in total. The number of carbonyl (C=O) groups is 1. The van der Waals surface area contributed by atoms with Crippen LogP contribution >= 0.6 is 12.2 Å². The molecule has 0 fully saturated rings. The van der Waals surface area contributed by atoms with Crippen LogP contribution in [0.4, 0.5) is 4.79 Å². The van der Waals surface area contributed by atoms with Gasteiger partial charge in [-0.1, -0.05) is 26.1 Å². The van der Waals surface area contributed by atoms with Gasteiger partial charge in [-0.3, -0.25) is 0 Å². The van der Waals surface area contributed by atoms with Gasteiger partial charge in [0.25, 0.3) is 0 Å². The summed E-state index contributed by atoms with van der Waals surface area (Å²) in [6.07, 6.45) is 0.569. The second-order valence-electron chi connectivity index (χ2n) is 5.74. The number of carbonyl (C=O) groups excluding carboxylic acids is 1. The third-order valence-corrected chi connectivity index (χ3v) is 2.19. The van der Waals surface area contributed by atoms with Gasteiger partial charge in [-0.2, -0.15) is 0 Å². The molecule has 5 heteroatoms. The summed E-state index contributed by atoms with van der Waals surface area (Å²) in [4.78, 5) is 14.3. The van der Waals surface area contributed by atoms with Crippen molar-refractivity contribution in [1.29, 1.82) is 0 Å². The van der Waals surface area contributed by atoms with Crippen molar-refractivity contribution in [2.75, 3.05) is 13.1 Å². The van der Waals surface area contributed by atoms with Crippen LogP contribution in [0.25, 0.3) is 0 Å². The van der Waals surface area contributed by atoms with Crippen LogP contribution in [0.5, 0.6) is 0 Å². The first-order valence-electron chi connectivity index (χ1n) is 5.97. The number of rotatable bonds is 5. The van der Waals surface area contributed by atoms with Gasteiger partial charge < -0.3 is 16.0 Å². The van der Waals surface area contributed by atoms with Crippen molar-refractivity contribution < 1.29 is 4.79 Å². The topological polar surface area (TPSA) is 58.4 Å². The van der Waals surface area contributed by atoms with Crippen molar-refractivity contribution in [2.24, 2.45) is 11.7 Å². The molecule has 0 aromatic carbocycles. The molecule has 0 spiro atoms. The summed E-state index contributed by atoms with van der Waals surface area (Å²) >= 11 is 4.84. The second kappa shape index (κ2) is 6.79. The molecule has 100 valence electrons. The molecule has 0 aliphatic rings. The number of hydrogen-bond donors (Lipinski definition) is 2. The Hall–Kier alpha value is -0.840. The molecule has 0 aliphatic heterocycles. The van der Waals surface area contributed by atoms with Gasteiger partial charge in [0, 0.05) is 25.0 Å². The Bertz CT molecular complexity index is 271. The van der Waals surface area contributed by atoms with Gasteiger partial charge in [0.15, 0.2) is 0 Å². The van der Waals surface area contributed by atoms with Gasteiger partial charge in [-0.15, -0.1) is 0 Å². The lowest BCUT2D eigenvalue weighted by Crippen LogP contribution is -2.50. The van der Waals surface area contributed by atoms with Crippen LogP contribution in [-0.4, -0.2) is 34.5 Å². The Kier molecular flexibility index (Phi) is 6.45. The molecule has 0 aliphatic carbocycles. The first kappa shape index (κ1) is 16.2. The van der Waals surface area contributed by atoms with E-state index in [1.54, 1.807) is 4.90 Å². The lowest BCUT2D eigenvalue weighted by molar-refractivity contribution is 0.183. The SMILES string of the molecule is CC(C)CN(CCC(N)=S)C(=O)NC(C)(C)C. The van der Waals surface area contributed by atoms with Crippen LogP contribution in [-0.2, 0) is 0 Å². The lowest BCUT2D eigenvalue weighted by atomic mass is 10.1. The van der Waals surface area contributed by atoms with E-state index in [-0.39, 0.29) is 11.6 Å². The number of nitrogens with two attached hydrogens (primary N) is 1. The maximum atomic E-state index is 12.0. The predicted octanol–water partition coefficient (Wildman–Crippen LogP) is 2.13. The lowest BCUT2D eigenvalue weighted by Gasteiger charge is -2.29. The van der Waals surface area contributed by atoms with Crippen LogP contribution in [0.15, 0.2) is 0 Å². The van der Waals surface area contributed by atoms with E-state index in [9.17, 15) is 4.79 Å². The van der Waals surface area contributed by atoms with E-state index in [4.69, 9.17) is 18.0 Å². The minimum atomic E-state index is -0.227. The highest BCUT2D eigenvalue weighted by Gasteiger charge is 2.20. The van der Waals surface area contributed by atoms with E-state index in [0.717, 1.165) is 0 Å². The molecule has 0 saturated carbocycles. The van der Waals surface area contributed by atoms with Crippen molar-refractivity contribution in [1.82, 2.24) is 10.2 Å². The first-order valence-corrected chi connectivity index (χ1v) is 6.38. The quantitative estimate of drug-likeness (QED) is 0.744. The van der Waals surface area contributed by atoms with Crippen molar-refractivity contribution in [3.63, 3.8) is 0 Å². The molecule has 2 amide bonds. The normalized spacial score (nSPS) is 11.4. The third kappa shape index (κ3) is 8.92. The largest absolute Gasteiger partial charge is 0.393 e. The maximum absolute atomic E-state index is 12.0. The van der Waals surface area contributed by atoms with Crippen LogP contribution in [0, 0.1) is 5.92 Å². The molecule has 0 bridgehead atoms. The molecule has 0 atom stereocenters. The monoisotopic (exact) mass is 259 g/mol. The highest BCUT2D eigenvalue weighted by atomic mass is 32.1. The summed E-state index contributed by atoms with van der Waals surface area (Å²) in [6.45, 7) is 11.3. The molecule has 0 radical (unpaired) electrons. The van der Waals surface area contributed by atoms with E-state index < -0.39 is 0 Å². The fourth-order valence-corrected chi connectivity index (χ4v) is 1.45. The summed E-state index contributed by atoms with van der Waals surface area (Å²) in [7, 11) is 0. The second-order valence-corrected chi connectivity index (χ2v) is 6.26. The number of nitrogens with one attached hydrogen (secondary N) is 1. The Morgan fingerprint density at radius 1 is 1.41 bits per heavy atom. The summed E-state index contributed by atoms with van der Waals surface area (Å²) in [6, 6.07) is -0.0533. The molecule has 0 heterocycles. The standard InChI is InChI=1S/C12H25N3OS/c1-9(2)8-15(7-6-10(13)17)11(16)14-12(3,4)5/h9H,6-8H2,1-5H3,(H2,13,17)(H,14,16). The summed E-state index contributed by atoms with van der Waals surface area (Å²) < 4.78 is 0. The highest BCUT2D eigenvalue weighted by molar-refractivity contribution is 7.80. The number of thiocarbonyl (C=S) groups is 1. The molecular weight excluding hydrogens is 234 g/mol. The Balaban J connectivity index is 4.45. The zero-order chi connectivity index (χ0) is 13.6. The minimum absolute atomic E-state index is 0.0533. The molecule has 0 rings (SSSR count). The van der Waals surface area contributed by atoms with E-state index >= 15 is 0 Å². The third-order valence-electron chi connectivity index (χ3n) is 1.98. The van der Waals surface area contributed by atoms with Gasteiger partial charge >= 0.3 is 6.03 Å². The predicted molar refractivity (Wildman–Crippen MR) is 76.1 cm³/mol. The minimum Gasteiger partial charge on any atom is -0.393 e. The molecule has 17 heavy (non-hydrogen) atoms. The molecule has 0 aromatic rings. The fraction of sp³-hybridized carbons (Fsp3) is 0.833. The van der Waals surface area contributed by atoms with Crippen LogP contribution < -0.4 is 11.1 Å². The first-order chi connectivity index (χ1) is 7.61. The van der Waals surface area contributed by atoms with Crippen molar-refractivity contribution >= 4 is 23.2 Å².